The van der Waals surface area contributed by atoms with Crippen LogP contribution in [-0.2, 0) is 0 Å². The van der Waals surface area contributed by atoms with Gasteiger partial charge in [0.15, 0.2) is 0 Å². The first kappa shape index (κ1) is 26.1. The normalized spacial score (nSPS) is 12.4. The van der Waals surface area contributed by atoms with Crippen molar-refractivity contribution in [3.05, 3.63) is 29.8 Å². The molecule has 0 saturated heterocycles. The quantitative estimate of drug-likeness (QED) is 0.209. The lowest BCUT2D eigenvalue weighted by atomic mass is 10.0. The number of benzene rings is 1. The van der Waals surface area contributed by atoms with E-state index in [-0.39, 0.29) is 15.1 Å². The molecule has 29 heavy (non-hydrogen) atoms. The fourth-order valence-electron chi connectivity index (χ4n) is 2.86. The largest absolute Gasteiger partial charge is 0.494 e. The Kier molecular flexibility index (Phi) is 11.5. The van der Waals surface area contributed by atoms with Crippen molar-refractivity contribution in [2.24, 2.45) is 5.92 Å². The van der Waals surface area contributed by atoms with Gasteiger partial charge in [0, 0.05) is 22.6 Å². The highest BCUT2D eigenvalue weighted by molar-refractivity contribution is 7.82. The molecular formula is C22H38N2O3S2. The molecule has 0 aromatic heterocycles. The van der Waals surface area contributed by atoms with E-state index in [2.05, 4.69) is 63.6 Å². The van der Waals surface area contributed by atoms with E-state index < -0.39 is 5.97 Å². The van der Waals surface area contributed by atoms with Crippen LogP contribution >= 0.6 is 25.3 Å². The van der Waals surface area contributed by atoms with E-state index in [1.165, 1.54) is 0 Å². The van der Waals surface area contributed by atoms with E-state index in [4.69, 9.17) is 9.84 Å². The molecule has 0 atom stereocenters. The van der Waals surface area contributed by atoms with Crippen molar-refractivity contribution in [1.29, 1.82) is 0 Å². The third-order valence-corrected chi connectivity index (χ3v) is 4.67. The maximum absolute atomic E-state index is 10.9. The van der Waals surface area contributed by atoms with Gasteiger partial charge in [-0.2, -0.15) is 25.3 Å². The van der Waals surface area contributed by atoms with Gasteiger partial charge in [-0.05, 0) is 90.2 Å². The molecule has 0 unspecified atom stereocenters. The third-order valence-electron chi connectivity index (χ3n) is 4.36. The molecule has 0 radical (unpaired) electrons. The predicted molar refractivity (Wildman–Crippen MR) is 128 cm³/mol. The smallest absolute Gasteiger partial charge is 0.335 e. The molecule has 0 fully saturated rings. The summed E-state index contributed by atoms with van der Waals surface area (Å²) >= 11 is 9.16. The Bertz CT molecular complexity index is 576. The molecule has 0 saturated carbocycles. The number of rotatable bonds is 15. The van der Waals surface area contributed by atoms with Gasteiger partial charge in [0.1, 0.15) is 5.75 Å². The maximum Gasteiger partial charge on any atom is 0.335 e. The summed E-state index contributed by atoms with van der Waals surface area (Å²) in [6.07, 6.45) is 3.16. The monoisotopic (exact) mass is 442 g/mol. The van der Waals surface area contributed by atoms with Crippen LogP contribution in [0.4, 0.5) is 0 Å². The highest BCUT2D eigenvalue weighted by atomic mass is 32.1. The minimum atomic E-state index is -0.924. The predicted octanol–water partition coefficient (Wildman–Crippen LogP) is 4.15. The number of aromatic carboxylic acids is 1. The Labute approximate surface area is 187 Å². The lowest BCUT2D eigenvalue weighted by Gasteiger charge is -2.24. The van der Waals surface area contributed by atoms with Crippen LogP contribution < -0.4 is 15.4 Å². The molecule has 1 aromatic carbocycles. The fraction of sp³-hybridized carbons (Fsp3) is 0.682. The van der Waals surface area contributed by atoms with E-state index in [1.807, 2.05) is 0 Å². The van der Waals surface area contributed by atoms with Gasteiger partial charge in [0.2, 0.25) is 0 Å². The van der Waals surface area contributed by atoms with E-state index in [9.17, 15) is 4.79 Å². The molecule has 1 aromatic rings. The molecular weight excluding hydrogens is 404 g/mol. The number of ether oxygens (including phenoxy) is 1. The summed E-state index contributed by atoms with van der Waals surface area (Å²) in [6.45, 7) is 12.7. The lowest BCUT2D eigenvalue weighted by Crippen LogP contribution is -2.39. The summed E-state index contributed by atoms with van der Waals surface area (Å²) in [7, 11) is 0. The molecule has 5 nitrogen and oxygen atoms in total. The van der Waals surface area contributed by atoms with Crippen LogP contribution in [0.25, 0.3) is 0 Å². The van der Waals surface area contributed by atoms with E-state index in [1.54, 1.807) is 24.3 Å². The number of hydrogen-bond donors (Lipinski definition) is 5. The minimum Gasteiger partial charge on any atom is -0.494 e. The molecule has 0 spiro atoms. The molecule has 1 rings (SSSR count). The molecule has 0 bridgehead atoms. The summed E-state index contributed by atoms with van der Waals surface area (Å²) in [5.74, 6) is 0.325. The number of carbonyl (C=O) groups is 1. The Morgan fingerprint density at radius 1 is 1.00 bits per heavy atom. The average molecular weight is 443 g/mol. The van der Waals surface area contributed by atoms with Gasteiger partial charge in [0.25, 0.3) is 0 Å². The van der Waals surface area contributed by atoms with Crippen molar-refractivity contribution < 1.29 is 14.6 Å². The number of carboxylic acids is 1. The van der Waals surface area contributed by atoms with Gasteiger partial charge in [0.05, 0.1) is 12.2 Å². The van der Waals surface area contributed by atoms with Crippen molar-refractivity contribution >= 4 is 31.2 Å². The molecule has 0 heterocycles. The summed E-state index contributed by atoms with van der Waals surface area (Å²) in [6, 6.07) is 6.55. The summed E-state index contributed by atoms with van der Waals surface area (Å²) in [4.78, 5) is 10.9. The van der Waals surface area contributed by atoms with Crippen LogP contribution in [0.2, 0.25) is 0 Å². The number of thiol groups is 2. The zero-order chi connectivity index (χ0) is 21.9. The van der Waals surface area contributed by atoms with Crippen LogP contribution in [-0.4, -0.2) is 53.4 Å². The molecule has 0 amide bonds. The molecule has 0 aliphatic heterocycles. The second kappa shape index (κ2) is 12.7. The fourth-order valence-corrected chi connectivity index (χ4v) is 3.08. The summed E-state index contributed by atoms with van der Waals surface area (Å²) in [5.41, 5.74) is 0.272. The average Bonchev–Trinajstić information content (AvgIpc) is 2.59. The van der Waals surface area contributed by atoms with Crippen molar-refractivity contribution in [3.63, 3.8) is 0 Å². The molecule has 166 valence electrons. The van der Waals surface area contributed by atoms with E-state index >= 15 is 0 Å². The first-order valence-electron chi connectivity index (χ1n) is 10.3. The van der Waals surface area contributed by atoms with Gasteiger partial charge in [-0.3, -0.25) is 0 Å². The van der Waals surface area contributed by atoms with Crippen LogP contribution in [0, 0.1) is 5.92 Å². The van der Waals surface area contributed by atoms with E-state index in [0.29, 0.717) is 18.3 Å². The Morgan fingerprint density at radius 3 is 1.97 bits per heavy atom. The zero-order valence-electron chi connectivity index (χ0n) is 18.2. The highest BCUT2D eigenvalue weighted by Gasteiger charge is 2.15. The van der Waals surface area contributed by atoms with Gasteiger partial charge in [-0.1, -0.05) is 0 Å². The van der Waals surface area contributed by atoms with Crippen molar-refractivity contribution in [2.75, 3.05) is 32.8 Å². The SMILES string of the molecule is CC(C)(S)CNCC(CCCCOc1ccc(C(=O)O)cc1)CNCC(C)(C)S. The zero-order valence-corrected chi connectivity index (χ0v) is 20.0. The second-order valence-electron chi connectivity index (χ2n) is 8.93. The summed E-state index contributed by atoms with van der Waals surface area (Å²) in [5, 5.41) is 16.0. The topological polar surface area (TPSA) is 70.6 Å². The third kappa shape index (κ3) is 13.9. The Hall–Kier alpha value is -0.890. The highest BCUT2D eigenvalue weighted by Crippen LogP contribution is 2.15. The van der Waals surface area contributed by atoms with Gasteiger partial charge in [-0.25, -0.2) is 4.79 Å². The number of nitrogens with one attached hydrogen (secondary N) is 2. The lowest BCUT2D eigenvalue weighted by molar-refractivity contribution is 0.0697. The molecule has 3 N–H and O–H groups in total. The van der Waals surface area contributed by atoms with Gasteiger partial charge in [-0.15, -0.1) is 0 Å². The second-order valence-corrected chi connectivity index (χ2v) is 11.3. The number of unbranched alkanes of at least 4 members (excludes halogenated alkanes) is 1. The van der Waals surface area contributed by atoms with Gasteiger partial charge < -0.3 is 20.5 Å². The van der Waals surface area contributed by atoms with Crippen LogP contribution in [0.15, 0.2) is 24.3 Å². The van der Waals surface area contributed by atoms with E-state index in [0.717, 1.165) is 45.4 Å². The molecule has 7 heteroatoms. The summed E-state index contributed by atoms with van der Waals surface area (Å²) < 4.78 is 5.69. The van der Waals surface area contributed by atoms with Crippen LogP contribution in [0.3, 0.4) is 0 Å². The Morgan fingerprint density at radius 2 is 1.52 bits per heavy atom. The molecule has 0 aliphatic carbocycles. The maximum atomic E-state index is 10.9. The van der Waals surface area contributed by atoms with Gasteiger partial charge >= 0.3 is 5.97 Å². The van der Waals surface area contributed by atoms with Crippen LogP contribution in [0.5, 0.6) is 5.75 Å². The first-order chi connectivity index (χ1) is 13.5. The Balaban J connectivity index is 2.34. The van der Waals surface area contributed by atoms with Crippen molar-refractivity contribution in [3.8, 4) is 5.75 Å². The number of carboxylic acid groups (broad SMARTS) is 1. The molecule has 0 aliphatic rings. The van der Waals surface area contributed by atoms with Crippen LogP contribution in [0.1, 0.15) is 57.3 Å². The van der Waals surface area contributed by atoms with Crippen molar-refractivity contribution in [2.45, 2.75) is 56.5 Å². The first-order valence-corrected chi connectivity index (χ1v) is 11.2. The van der Waals surface area contributed by atoms with Crippen molar-refractivity contribution in [1.82, 2.24) is 10.6 Å². The minimum absolute atomic E-state index is 0.0188. The standard InChI is InChI=1S/C22H38N2O3S2/c1-21(2,28)15-23-13-17(14-24-16-22(3,4)29)7-5-6-12-27-19-10-8-18(9-11-19)20(25)26/h8-11,17,23-24,28-29H,5-7,12-16H2,1-4H3,(H,25,26). The number of hydrogen-bond acceptors (Lipinski definition) is 6.